The van der Waals surface area contributed by atoms with Crippen LogP contribution < -0.4 is 4.74 Å². The average Bonchev–Trinajstić information content (AvgIpc) is 2.40. The van der Waals surface area contributed by atoms with E-state index in [1.165, 1.54) is 17.4 Å². The lowest BCUT2D eigenvalue weighted by molar-refractivity contribution is 0.586. The maximum absolute atomic E-state index is 5.14. The minimum atomic E-state index is 0.419. The third-order valence-corrected chi connectivity index (χ3v) is 1.86. The predicted molar refractivity (Wildman–Crippen MR) is 47.7 cm³/mol. The second-order valence-electron chi connectivity index (χ2n) is 1.56. The lowest BCUT2D eigenvalue weighted by atomic mass is 10.6. The molecule has 0 saturated heterocycles. The summed E-state index contributed by atoms with van der Waals surface area (Å²) in [5.41, 5.74) is 0. The maximum Gasteiger partial charge on any atom is 0.191 e. The number of ether oxygens (including phenoxy) is 1. The van der Waals surface area contributed by atoms with Crippen LogP contribution in [0.15, 0.2) is 30.2 Å². The quantitative estimate of drug-likeness (QED) is 0.498. The van der Waals surface area contributed by atoms with E-state index >= 15 is 0 Å². The van der Waals surface area contributed by atoms with Gasteiger partial charge < -0.3 is 4.74 Å². The Morgan fingerprint density at radius 1 is 1.80 bits per heavy atom. The van der Waals surface area contributed by atoms with Gasteiger partial charge in [0.15, 0.2) is 10.1 Å². The van der Waals surface area contributed by atoms with Gasteiger partial charge in [0, 0.05) is 0 Å². The molecule has 0 unspecified atom stereocenters. The third-order valence-electron chi connectivity index (χ3n) is 0.863. The summed E-state index contributed by atoms with van der Waals surface area (Å²) in [7, 11) is 0. The normalized spacial score (nSPS) is 8.80. The number of hydrogen-bond donors (Lipinski definition) is 0. The SMILES string of the molecule is C=CC(=S)Oc1cccs1. The van der Waals surface area contributed by atoms with Crippen molar-refractivity contribution in [3.8, 4) is 5.06 Å². The van der Waals surface area contributed by atoms with Crippen LogP contribution in [-0.2, 0) is 0 Å². The molecule has 0 atom stereocenters. The van der Waals surface area contributed by atoms with Crippen molar-refractivity contribution >= 4 is 28.6 Å². The molecule has 1 heterocycles. The molecule has 10 heavy (non-hydrogen) atoms. The topological polar surface area (TPSA) is 9.23 Å². The summed E-state index contributed by atoms with van der Waals surface area (Å²) in [6, 6.07) is 3.77. The van der Waals surface area contributed by atoms with E-state index in [2.05, 4.69) is 6.58 Å². The van der Waals surface area contributed by atoms with Crippen molar-refractivity contribution in [2.75, 3.05) is 0 Å². The van der Waals surface area contributed by atoms with E-state index in [9.17, 15) is 0 Å². The molecule has 0 spiro atoms. The Bertz CT molecular complexity index is 226. The lowest BCUT2D eigenvalue weighted by Crippen LogP contribution is -1.97. The zero-order chi connectivity index (χ0) is 7.40. The van der Waals surface area contributed by atoms with E-state index in [1.54, 1.807) is 0 Å². The van der Waals surface area contributed by atoms with E-state index < -0.39 is 0 Å². The van der Waals surface area contributed by atoms with Crippen molar-refractivity contribution < 1.29 is 4.74 Å². The van der Waals surface area contributed by atoms with Gasteiger partial charge in [0.25, 0.3) is 0 Å². The standard InChI is InChI=1S/C7H6OS2/c1-2-6(9)8-7-4-3-5-10-7/h2-5H,1H2. The molecule has 3 heteroatoms. The Morgan fingerprint density at radius 2 is 2.60 bits per heavy atom. The Labute approximate surface area is 68.9 Å². The summed E-state index contributed by atoms with van der Waals surface area (Å²) in [5.74, 6) is 0. The summed E-state index contributed by atoms with van der Waals surface area (Å²) >= 11 is 6.28. The molecular formula is C7H6OS2. The van der Waals surface area contributed by atoms with Crippen LogP contribution in [0.2, 0.25) is 0 Å². The van der Waals surface area contributed by atoms with Gasteiger partial charge >= 0.3 is 0 Å². The molecule has 1 aromatic heterocycles. The summed E-state index contributed by atoms with van der Waals surface area (Å²) in [6.07, 6.45) is 1.51. The Morgan fingerprint density at radius 3 is 3.10 bits per heavy atom. The summed E-state index contributed by atoms with van der Waals surface area (Å²) < 4.78 is 5.14. The number of thiophene rings is 1. The minimum Gasteiger partial charge on any atom is -0.435 e. The van der Waals surface area contributed by atoms with Gasteiger partial charge in [-0.25, -0.2) is 0 Å². The smallest absolute Gasteiger partial charge is 0.191 e. The average molecular weight is 170 g/mol. The summed E-state index contributed by atoms with van der Waals surface area (Å²) in [6.45, 7) is 3.48. The molecule has 1 rings (SSSR count). The van der Waals surface area contributed by atoms with Crippen molar-refractivity contribution in [3.05, 3.63) is 30.2 Å². The molecule has 0 aliphatic heterocycles. The third kappa shape index (κ3) is 1.93. The van der Waals surface area contributed by atoms with Crippen LogP contribution in [0.3, 0.4) is 0 Å². The second-order valence-corrected chi connectivity index (χ2v) is 2.87. The monoisotopic (exact) mass is 170 g/mol. The molecule has 0 saturated carbocycles. The van der Waals surface area contributed by atoms with Crippen molar-refractivity contribution in [1.29, 1.82) is 0 Å². The zero-order valence-corrected chi connectivity index (χ0v) is 6.87. The van der Waals surface area contributed by atoms with E-state index in [4.69, 9.17) is 17.0 Å². The molecule has 0 fully saturated rings. The molecule has 1 nitrogen and oxygen atoms in total. The van der Waals surface area contributed by atoms with Gasteiger partial charge in [0.2, 0.25) is 0 Å². The second kappa shape index (κ2) is 3.49. The summed E-state index contributed by atoms with van der Waals surface area (Å²) in [5, 5.41) is 3.16. The highest BCUT2D eigenvalue weighted by Crippen LogP contribution is 2.18. The first-order valence-corrected chi connectivity index (χ1v) is 3.99. The van der Waals surface area contributed by atoms with Gasteiger partial charge in [-0.05, 0) is 35.8 Å². The van der Waals surface area contributed by atoms with Crippen LogP contribution in [0.4, 0.5) is 0 Å². The molecule has 0 radical (unpaired) electrons. The van der Waals surface area contributed by atoms with Crippen molar-refractivity contribution in [2.45, 2.75) is 0 Å². The fourth-order valence-electron chi connectivity index (χ4n) is 0.462. The molecule has 0 aliphatic carbocycles. The van der Waals surface area contributed by atoms with Gasteiger partial charge in [-0.3, -0.25) is 0 Å². The van der Waals surface area contributed by atoms with E-state index in [1.807, 2.05) is 17.5 Å². The Balaban J connectivity index is 2.56. The molecule has 1 aromatic rings. The molecular weight excluding hydrogens is 164 g/mol. The first-order chi connectivity index (χ1) is 4.83. The minimum absolute atomic E-state index is 0.419. The molecule has 52 valence electrons. The van der Waals surface area contributed by atoms with Gasteiger partial charge in [0.05, 0.1) is 0 Å². The Hall–Kier alpha value is -0.670. The van der Waals surface area contributed by atoms with Crippen molar-refractivity contribution in [2.24, 2.45) is 0 Å². The van der Waals surface area contributed by atoms with Gasteiger partial charge in [-0.15, -0.1) is 11.3 Å². The highest BCUT2D eigenvalue weighted by molar-refractivity contribution is 7.80. The van der Waals surface area contributed by atoms with Crippen LogP contribution in [-0.4, -0.2) is 5.05 Å². The highest BCUT2D eigenvalue weighted by atomic mass is 32.1. The van der Waals surface area contributed by atoms with Gasteiger partial charge in [-0.2, -0.15) is 0 Å². The van der Waals surface area contributed by atoms with Crippen molar-refractivity contribution in [3.63, 3.8) is 0 Å². The lowest BCUT2D eigenvalue weighted by Gasteiger charge is -1.96. The molecule has 0 bridgehead atoms. The largest absolute Gasteiger partial charge is 0.435 e. The van der Waals surface area contributed by atoms with Gasteiger partial charge in [0.1, 0.15) is 0 Å². The molecule has 0 N–H and O–H groups in total. The number of thiocarbonyl (C=S) groups is 1. The molecule has 0 amide bonds. The Kier molecular flexibility index (Phi) is 2.59. The summed E-state index contributed by atoms with van der Waals surface area (Å²) in [4.78, 5) is 0. The van der Waals surface area contributed by atoms with E-state index in [-0.39, 0.29) is 0 Å². The number of rotatable bonds is 2. The van der Waals surface area contributed by atoms with Crippen LogP contribution >= 0.6 is 23.6 Å². The fourth-order valence-corrected chi connectivity index (χ4v) is 1.19. The van der Waals surface area contributed by atoms with Crippen molar-refractivity contribution in [1.82, 2.24) is 0 Å². The zero-order valence-electron chi connectivity index (χ0n) is 5.24. The number of hydrogen-bond acceptors (Lipinski definition) is 3. The predicted octanol–water partition coefficient (Wildman–Crippen LogP) is 2.64. The molecule has 0 aromatic carbocycles. The van der Waals surface area contributed by atoms with Crippen LogP contribution in [0, 0.1) is 0 Å². The van der Waals surface area contributed by atoms with Gasteiger partial charge in [-0.1, -0.05) is 6.58 Å². The maximum atomic E-state index is 5.14. The highest BCUT2D eigenvalue weighted by Gasteiger charge is 1.94. The first-order valence-electron chi connectivity index (χ1n) is 2.70. The van der Waals surface area contributed by atoms with E-state index in [0.29, 0.717) is 5.05 Å². The fraction of sp³-hybridized carbons (Fsp3) is 0. The van der Waals surface area contributed by atoms with E-state index in [0.717, 1.165) is 5.06 Å². The van der Waals surface area contributed by atoms with Crippen LogP contribution in [0.1, 0.15) is 0 Å². The molecule has 0 aliphatic rings. The first kappa shape index (κ1) is 7.44. The van der Waals surface area contributed by atoms with Crippen LogP contribution in [0.25, 0.3) is 0 Å². The van der Waals surface area contributed by atoms with Crippen LogP contribution in [0.5, 0.6) is 5.06 Å².